The largest absolute Gasteiger partial charge is 0.140 e. The second-order valence-corrected chi connectivity index (χ2v) is 32.4. The summed E-state index contributed by atoms with van der Waals surface area (Å²) in [7, 11) is 0. The van der Waals surface area contributed by atoms with Gasteiger partial charge in [-0.1, -0.05) is 111 Å². The predicted molar refractivity (Wildman–Crippen MR) is 365 cm³/mol. The molecule has 0 saturated heterocycles. The molecule has 0 bridgehead atoms. The van der Waals surface area contributed by atoms with Crippen LogP contribution in [0.3, 0.4) is 0 Å². The van der Waals surface area contributed by atoms with E-state index in [2.05, 4.69) is 145 Å². The quantitative estimate of drug-likeness (QED) is 0.0356. The molecule has 10 aromatic rings. The first kappa shape index (κ1) is 59.4. The minimum Gasteiger partial charge on any atom is -0.140 e. The number of hydrogen-bond donors (Lipinski definition) is 0. The molecule has 10 rings (SSSR count). The highest BCUT2D eigenvalue weighted by Crippen LogP contribution is 2.54. The maximum atomic E-state index is 3.35. The van der Waals surface area contributed by atoms with Gasteiger partial charge in [-0.25, -0.2) is 0 Å². The molecule has 10 aromatic heterocycles. The highest BCUT2D eigenvalue weighted by atomic mass is 32.1. The molecule has 0 aromatic carbocycles. The predicted octanol–water partition coefficient (Wildman–Crippen LogP) is 26.6. The van der Waals surface area contributed by atoms with Crippen molar-refractivity contribution in [3.63, 3.8) is 0 Å². The zero-order valence-corrected chi connectivity index (χ0v) is 55.5. The van der Waals surface area contributed by atoms with Crippen molar-refractivity contribution in [3.05, 3.63) is 124 Å². The summed E-state index contributed by atoms with van der Waals surface area (Å²) < 4.78 is 2.85. The van der Waals surface area contributed by atoms with Crippen molar-refractivity contribution in [1.29, 1.82) is 0 Å². The molecule has 0 N–H and O–H groups in total. The van der Waals surface area contributed by atoms with Gasteiger partial charge in [-0.05, 0) is 164 Å². The fourth-order valence-electron chi connectivity index (χ4n) is 10.1. The van der Waals surface area contributed by atoms with Crippen LogP contribution in [-0.2, 0) is 25.7 Å². The van der Waals surface area contributed by atoms with Crippen LogP contribution in [0.15, 0.2) is 84.9 Å². The SMILES string of the molecule is CC#Cc1cc(-c2ccc(CCCCCC)s2)c(-c2sc(C)cc2-c2ccc(CCCCCC)s2)s1.CCCCCCc1ccc(-c2cc(C)sc2-c2sc(-c3cc4sc(C)cc4s3)cc2-c2ccc(CCCCCC)s2)s1. The van der Waals surface area contributed by atoms with E-state index < -0.39 is 0 Å². The average molecular weight is 1220 g/mol. The Morgan fingerprint density at radius 3 is 1.08 bits per heavy atom. The van der Waals surface area contributed by atoms with Gasteiger partial charge in [0.1, 0.15) is 0 Å². The van der Waals surface area contributed by atoms with Crippen molar-refractivity contribution < 1.29 is 0 Å². The number of rotatable bonds is 27. The molecule has 78 heavy (non-hydrogen) atoms. The fraction of sp³-hybridized carbons (Fsp3) is 0.412. The highest BCUT2D eigenvalue weighted by Gasteiger charge is 2.24. The third-order valence-electron chi connectivity index (χ3n) is 14.2. The van der Waals surface area contributed by atoms with E-state index in [9.17, 15) is 0 Å². The second kappa shape index (κ2) is 29.7. The lowest BCUT2D eigenvalue weighted by molar-refractivity contribution is 0.670. The third kappa shape index (κ3) is 15.5. The molecule has 10 heterocycles. The topological polar surface area (TPSA) is 0 Å². The van der Waals surface area contributed by atoms with Gasteiger partial charge in [0, 0.05) is 95.1 Å². The van der Waals surface area contributed by atoms with E-state index in [0.29, 0.717) is 0 Å². The van der Waals surface area contributed by atoms with Gasteiger partial charge in [-0.3, -0.25) is 0 Å². The highest BCUT2D eigenvalue weighted by molar-refractivity contribution is 7.32. The maximum Gasteiger partial charge on any atom is 0.0781 e. The van der Waals surface area contributed by atoms with Crippen molar-refractivity contribution in [2.24, 2.45) is 0 Å². The van der Waals surface area contributed by atoms with Crippen molar-refractivity contribution in [3.8, 4) is 82.9 Å². The van der Waals surface area contributed by atoms with Crippen LogP contribution in [0.2, 0.25) is 0 Å². The molecule has 0 radical (unpaired) electrons. The Labute approximate surface area is 508 Å². The molecule has 0 nitrogen and oxygen atoms in total. The molecule has 0 aliphatic heterocycles. The minimum atomic E-state index is 1.17. The summed E-state index contributed by atoms with van der Waals surface area (Å²) >= 11 is 19.6. The summed E-state index contributed by atoms with van der Waals surface area (Å²) in [5.74, 6) is 6.47. The number of fused-ring (bicyclic) bond motifs is 1. The van der Waals surface area contributed by atoms with Gasteiger partial charge in [0.2, 0.25) is 0 Å². The molecule has 0 saturated carbocycles. The zero-order valence-electron chi connectivity index (χ0n) is 47.3. The van der Waals surface area contributed by atoms with Crippen molar-refractivity contribution in [1.82, 2.24) is 0 Å². The molecular formula is C68H78S10. The van der Waals surface area contributed by atoms with Gasteiger partial charge < -0.3 is 0 Å². The number of unbranched alkanes of at least 4 members (excludes halogenated alkanes) is 12. The van der Waals surface area contributed by atoms with Crippen molar-refractivity contribution in [2.45, 2.75) is 184 Å². The molecule has 0 aliphatic rings. The van der Waals surface area contributed by atoms with E-state index in [-0.39, 0.29) is 0 Å². The molecular weight excluding hydrogens is 1140 g/mol. The monoisotopic (exact) mass is 1210 g/mol. The van der Waals surface area contributed by atoms with Crippen LogP contribution in [-0.4, -0.2) is 0 Å². The Hall–Kier alpha value is -3.18. The van der Waals surface area contributed by atoms with Gasteiger partial charge in [0.15, 0.2) is 0 Å². The van der Waals surface area contributed by atoms with Crippen LogP contribution in [0.4, 0.5) is 0 Å². The van der Waals surface area contributed by atoms with Crippen LogP contribution in [0.5, 0.6) is 0 Å². The Morgan fingerprint density at radius 2 is 0.667 bits per heavy atom. The third-order valence-corrected chi connectivity index (χ3v) is 26.0. The normalized spacial score (nSPS) is 11.5. The van der Waals surface area contributed by atoms with Gasteiger partial charge in [-0.2, -0.15) is 0 Å². The summed E-state index contributed by atoms with van der Waals surface area (Å²) in [6.45, 7) is 17.8. The minimum absolute atomic E-state index is 1.17. The van der Waals surface area contributed by atoms with Crippen molar-refractivity contribution >= 4 is 123 Å². The lowest BCUT2D eigenvalue weighted by atomic mass is 10.1. The fourth-order valence-corrected chi connectivity index (χ4v) is 21.7. The lowest BCUT2D eigenvalue weighted by Crippen LogP contribution is -1.80. The Bertz CT molecular complexity index is 3460. The first-order valence-electron chi connectivity index (χ1n) is 28.9. The van der Waals surface area contributed by atoms with Gasteiger partial charge in [-0.15, -0.1) is 119 Å². The molecule has 0 unspecified atom stereocenters. The van der Waals surface area contributed by atoms with Crippen LogP contribution < -0.4 is 0 Å². The summed E-state index contributed by atoms with van der Waals surface area (Å²) in [6.07, 6.45) is 26.0. The summed E-state index contributed by atoms with van der Waals surface area (Å²) in [6, 6.07) is 33.4. The standard InChI is InChI=1S/C36H40S6.C32H38S4/c1-5-7-9-11-13-25-15-17-29(39-25)27-19-23(3)38-35(27)36-28(30-18-16-26(40-30)14-12-10-8-6-2)21-32(42-36)34-22-33-31(41-34)20-24(4)37-33;1-5-8-10-12-15-24-17-19-29(34-24)27-21-23(4)33-31(27)32-28(22-26(36-32)14-7-3)30-20-18-25(35-30)16-13-11-9-6-2/h15-22H,5-14H2,1-4H3;17-22H,5-6,8-13,15-16H2,1-4H3. The second-order valence-electron chi connectivity index (χ2n) is 20.8. The van der Waals surface area contributed by atoms with Gasteiger partial charge in [0.05, 0.1) is 24.4 Å². The number of aryl methyl sites for hydroxylation is 7. The summed E-state index contributed by atoms with van der Waals surface area (Å²) in [4.78, 5) is 25.6. The maximum absolute atomic E-state index is 3.35. The molecule has 0 fully saturated rings. The summed E-state index contributed by atoms with van der Waals surface area (Å²) in [5.41, 5.74) is 5.61. The van der Waals surface area contributed by atoms with E-state index in [0.717, 1.165) is 0 Å². The van der Waals surface area contributed by atoms with E-state index in [1.807, 2.05) is 120 Å². The average Bonchev–Trinajstić information content (AvgIpc) is 4.45. The Kier molecular flexibility index (Phi) is 22.6. The number of hydrogen-bond acceptors (Lipinski definition) is 10. The number of thiophene rings is 10. The molecule has 0 spiro atoms. The Balaban J connectivity index is 0.000000192. The lowest BCUT2D eigenvalue weighted by Gasteiger charge is -2.04. The Morgan fingerprint density at radius 1 is 0.308 bits per heavy atom. The van der Waals surface area contributed by atoms with Crippen LogP contribution in [0, 0.1) is 32.6 Å². The first-order valence-corrected chi connectivity index (χ1v) is 37.1. The molecule has 10 heteroatoms. The first-order chi connectivity index (χ1) is 38.1. The van der Waals surface area contributed by atoms with E-state index in [4.69, 9.17) is 0 Å². The molecule has 0 atom stereocenters. The van der Waals surface area contributed by atoms with Crippen molar-refractivity contribution in [2.75, 3.05) is 0 Å². The molecule has 0 amide bonds. The molecule has 410 valence electrons. The van der Waals surface area contributed by atoms with E-state index in [1.165, 1.54) is 248 Å². The smallest absolute Gasteiger partial charge is 0.0781 e. The van der Waals surface area contributed by atoms with Crippen LogP contribution in [0.1, 0.15) is 176 Å². The van der Waals surface area contributed by atoms with Gasteiger partial charge in [0.25, 0.3) is 0 Å². The summed E-state index contributed by atoms with van der Waals surface area (Å²) in [5, 5.41) is 0. The van der Waals surface area contributed by atoms with Gasteiger partial charge >= 0.3 is 0 Å². The van der Waals surface area contributed by atoms with Crippen LogP contribution >= 0.6 is 113 Å². The van der Waals surface area contributed by atoms with E-state index >= 15 is 0 Å². The van der Waals surface area contributed by atoms with Crippen LogP contribution in [0.25, 0.3) is 80.4 Å². The zero-order chi connectivity index (χ0) is 54.4. The van der Waals surface area contributed by atoms with E-state index in [1.54, 1.807) is 0 Å². The molecule has 0 aliphatic carbocycles.